The Morgan fingerprint density at radius 1 is 0.900 bits per heavy atom. The zero-order chi connectivity index (χ0) is 15.5. The summed E-state index contributed by atoms with van der Waals surface area (Å²) in [4.78, 5) is 0. The van der Waals surface area contributed by atoms with Gasteiger partial charge in [0.05, 0.1) is 0 Å². The standard InChI is InChI=1S/C11H24.C9H12/c1-9(2)7-6-8-11(5)10(3)4;1-3-9-7-5-4-6-8(9)2/h9-11H,6-8H2,1-5H3;4-7H,3H2,1-2H3. The lowest BCUT2D eigenvalue weighted by Crippen LogP contribution is -2.03. The zero-order valence-corrected chi connectivity index (χ0v) is 14.9. The van der Waals surface area contributed by atoms with E-state index in [2.05, 4.69) is 72.7 Å². The Hall–Kier alpha value is -0.780. The molecule has 1 aromatic rings. The molecular formula is C20H36. The summed E-state index contributed by atoms with van der Waals surface area (Å²) in [6.07, 6.45) is 5.37. The van der Waals surface area contributed by atoms with E-state index < -0.39 is 0 Å². The highest BCUT2D eigenvalue weighted by atomic mass is 14.1. The van der Waals surface area contributed by atoms with Crippen molar-refractivity contribution in [3.8, 4) is 0 Å². The molecule has 0 nitrogen and oxygen atoms in total. The van der Waals surface area contributed by atoms with E-state index in [9.17, 15) is 0 Å². The minimum absolute atomic E-state index is 0.863. The lowest BCUT2D eigenvalue weighted by Gasteiger charge is -2.15. The first-order chi connectivity index (χ1) is 9.38. The van der Waals surface area contributed by atoms with E-state index in [4.69, 9.17) is 0 Å². The van der Waals surface area contributed by atoms with Crippen molar-refractivity contribution in [2.24, 2.45) is 17.8 Å². The Morgan fingerprint density at radius 2 is 1.50 bits per heavy atom. The summed E-state index contributed by atoms with van der Waals surface area (Å²) in [5.41, 5.74) is 2.86. The van der Waals surface area contributed by atoms with Crippen molar-refractivity contribution in [3.05, 3.63) is 35.4 Å². The molecule has 1 atom stereocenters. The average Bonchev–Trinajstić information content (AvgIpc) is 2.39. The molecule has 0 aromatic heterocycles. The van der Waals surface area contributed by atoms with Crippen LogP contribution in [0.25, 0.3) is 0 Å². The van der Waals surface area contributed by atoms with Gasteiger partial charge in [-0.1, -0.05) is 85.1 Å². The van der Waals surface area contributed by atoms with Gasteiger partial charge in [0, 0.05) is 0 Å². The predicted molar refractivity (Wildman–Crippen MR) is 93.2 cm³/mol. The van der Waals surface area contributed by atoms with Crippen molar-refractivity contribution in [1.82, 2.24) is 0 Å². The molecule has 20 heavy (non-hydrogen) atoms. The fourth-order valence-corrected chi connectivity index (χ4v) is 2.19. The lowest BCUT2D eigenvalue weighted by molar-refractivity contribution is 0.366. The first kappa shape index (κ1) is 19.2. The molecule has 0 fully saturated rings. The third-order valence-corrected chi connectivity index (χ3v) is 4.22. The van der Waals surface area contributed by atoms with Gasteiger partial charge in [0.2, 0.25) is 0 Å². The molecule has 0 heteroatoms. The van der Waals surface area contributed by atoms with Crippen LogP contribution in [0.4, 0.5) is 0 Å². The molecule has 1 aromatic carbocycles. The molecule has 1 unspecified atom stereocenters. The van der Waals surface area contributed by atoms with Crippen LogP contribution in [-0.2, 0) is 6.42 Å². The second-order valence-electron chi connectivity index (χ2n) is 6.83. The number of rotatable bonds is 6. The number of benzene rings is 1. The van der Waals surface area contributed by atoms with Crippen LogP contribution in [0.3, 0.4) is 0 Å². The molecule has 0 aliphatic rings. The van der Waals surface area contributed by atoms with Crippen LogP contribution >= 0.6 is 0 Å². The highest BCUT2D eigenvalue weighted by Gasteiger charge is 2.06. The minimum Gasteiger partial charge on any atom is -0.0628 e. The highest BCUT2D eigenvalue weighted by Crippen LogP contribution is 2.18. The molecule has 0 radical (unpaired) electrons. The fraction of sp³-hybridized carbons (Fsp3) is 0.700. The van der Waals surface area contributed by atoms with Gasteiger partial charge < -0.3 is 0 Å². The quantitative estimate of drug-likeness (QED) is 0.545. The first-order valence-electron chi connectivity index (χ1n) is 8.42. The second kappa shape index (κ2) is 10.9. The Balaban J connectivity index is 0.000000367. The smallest absolute Gasteiger partial charge is 0.0305 e. The summed E-state index contributed by atoms with van der Waals surface area (Å²) in [5, 5.41) is 0. The Morgan fingerprint density at radius 3 is 1.90 bits per heavy atom. The first-order valence-corrected chi connectivity index (χ1v) is 8.42. The predicted octanol–water partition coefficient (Wildman–Crippen LogP) is 6.66. The summed E-state index contributed by atoms with van der Waals surface area (Å²) in [6, 6.07) is 8.49. The van der Waals surface area contributed by atoms with Crippen molar-refractivity contribution in [3.63, 3.8) is 0 Å². The summed E-state index contributed by atoms with van der Waals surface area (Å²) >= 11 is 0. The van der Waals surface area contributed by atoms with E-state index in [-0.39, 0.29) is 0 Å². The second-order valence-corrected chi connectivity index (χ2v) is 6.83. The molecule has 0 amide bonds. The van der Waals surface area contributed by atoms with Crippen LogP contribution in [0, 0.1) is 24.7 Å². The largest absolute Gasteiger partial charge is 0.0628 e. The van der Waals surface area contributed by atoms with Crippen molar-refractivity contribution in [1.29, 1.82) is 0 Å². The van der Waals surface area contributed by atoms with E-state index in [1.165, 1.54) is 30.4 Å². The van der Waals surface area contributed by atoms with Crippen LogP contribution in [0.2, 0.25) is 0 Å². The van der Waals surface area contributed by atoms with Gasteiger partial charge in [0.1, 0.15) is 0 Å². The van der Waals surface area contributed by atoms with Crippen molar-refractivity contribution in [2.75, 3.05) is 0 Å². The van der Waals surface area contributed by atoms with Gasteiger partial charge in [0.25, 0.3) is 0 Å². The van der Waals surface area contributed by atoms with E-state index in [1.54, 1.807) is 0 Å². The van der Waals surface area contributed by atoms with Gasteiger partial charge in [0.15, 0.2) is 0 Å². The molecule has 0 bridgehead atoms. The van der Waals surface area contributed by atoms with Crippen LogP contribution in [-0.4, -0.2) is 0 Å². The van der Waals surface area contributed by atoms with Gasteiger partial charge in [-0.2, -0.15) is 0 Å². The summed E-state index contributed by atoms with van der Waals surface area (Å²) < 4.78 is 0. The summed E-state index contributed by atoms with van der Waals surface area (Å²) in [5.74, 6) is 2.66. The van der Waals surface area contributed by atoms with Crippen molar-refractivity contribution >= 4 is 0 Å². The zero-order valence-electron chi connectivity index (χ0n) is 14.9. The monoisotopic (exact) mass is 276 g/mol. The van der Waals surface area contributed by atoms with Gasteiger partial charge in [-0.15, -0.1) is 0 Å². The topological polar surface area (TPSA) is 0 Å². The van der Waals surface area contributed by atoms with Crippen molar-refractivity contribution < 1.29 is 0 Å². The van der Waals surface area contributed by atoms with Gasteiger partial charge in [-0.3, -0.25) is 0 Å². The molecule has 0 saturated carbocycles. The molecule has 0 heterocycles. The molecule has 0 saturated heterocycles. The maximum Gasteiger partial charge on any atom is -0.0305 e. The Kier molecular flexibility index (Phi) is 10.5. The maximum atomic E-state index is 2.37. The van der Waals surface area contributed by atoms with Gasteiger partial charge >= 0.3 is 0 Å². The van der Waals surface area contributed by atoms with Gasteiger partial charge in [-0.25, -0.2) is 0 Å². The number of hydrogen-bond donors (Lipinski definition) is 0. The number of hydrogen-bond acceptors (Lipinski definition) is 0. The van der Waals surface area contributed by atoms with E-state index in [0.717, 1.165) is 24.2 Å². The lowest BCUT2D eigenvalue weighted by atomic mass is 9.91. The molecule has 1 rings (SSSR count). The third-order valence-electron chi connectivity index (χ3n) is 4.22. The molecule has 0 aliphatic heterocycles. The van der Waals surface area contributed by atoms with Crippen LogP contribution in [0.1, 0.15) is 71.9 Å². The SMILES string of the molecule is CC(C)CCCC(C)C(C)C.CCc1ccccc1C. The highest BCUT2D eigenvalue weighted by molar-refractivity contribution is 5.24. The average molecular weight is 277 g/mol. The molecule has 0 aliphatic carbocycles. The van der Waals surface area contributed by atoms with Gasteiger partial charge in [-0.05, 0) is 42.2 Å². The minimum atomic E-state index is 0.863. The van der Waals surface area contributed by atoms with E-state index in [0.29, 0.717) is 0 Å². The molecule has 0 spiro atoms. The normalized spacial score (nSPS) is 12.2. The van der Waals surface area contributed by atoms with Crippen LogP contribution in [0.15, 0.2) is 24.3 Å². The van der Waals surface area contributed by atoms with E-state index >= 15 is 0 Å². The summed E-state index contributed by atoms with van der Waals surface area (Å²) in [7, 11) is 0. The van der Waals surface area contributed by atoms with Crippen LogP contribution in [0.5, 0.6) is 0 Å². The molecular weight excluding hydrogens is 240 g/mol. The van der Waals surface area contributed by atoms with Crippen molar-refractivity contribution in [2.45, 2.75) is 74.1 Å². The summed E-state index contributed by atoms with van der Waals surface area (Å²) in [6.45, 7) is 16.0. The van der Waals surface area contributed by atoms with Crippen LogP contribution < -0.4 is 0 Å². The maximum absolute atomic E-state index is 2.37. The molecule has 0 N–H and O–H groups in total. The Labute approximate surface area is 128 Å². The van der Waals surface area contributed by atoms with E-state index in [1.807, 2.05) is 0 Å². The third kappa shape index (κ3) is 9.18. The number of aryl methyl sites for hydroxylation is 2. The molecule has 116 valence electrons. The fourth-order valence-electron chi connectivity index (χ4n) is 2.19. The Bertz CT molecular complexity index is 336.